The first-order chi connectivity index (χ1) is 14.0. The predicted octanol–water partition coefficient (Wildman–Crippen LogP) is 2.10. The number of amides is 4. The Labute approximate surface area is 165 Å². The molecular weight excluding hydrogens is 380 g/mol. The molecule has 2 aromatic rings. The van der Waals surface area contributed by atoms with Crippen LogP contribution in [0.4, 0.5) is 10.5 Å². The van der Waals surface area contributed by atoms with E-state index in [0.29, 0.717) is 22.8 Å². The number of hydrogen-bond donors (Lipinski definition) is 1. The Morgan fingerprint density at radius 3 is 2.55 bits per heavy atom. The molecule has 148 valence electrons. The summed E-state index contributed by atoms with van der Waals surface area (Å²) in [5, 5.41) is 2.18. The number of hydrogen-bond acceptors (Lipinski definition) is 7. The molecule has 0 atom stereocenters. The van der Waals surface area contributed by atoms with Gasteiger partial charge in [0.2, 0.25) is 6.79 Å². The molecule has 4 rings (SSSR count). The molecule has 2 aliphatic heterocycles. The number of nitrogens with one attached hydrogen (secondary N) is 1. The second-order valence-electron chi connectivity index (χ2n) is 6.11. The van der Waals surface area contributed by atoms with Gasteiger partial charge in [0.05, 0.1) is 19.9 Å². The average molecular weight is 396 g/mol. The van der Waals surface area contributed by atoms with Crippen molar-refractivity contribution in [3.63, 3.8) is 0 Å². The highest BCUT2D eigenvalue weighted by Gasteiger charge is 2.38. The Morgan fingerprint density at radius 1 is 1.00 bits per heavy atom. The van der Waals surface area contributed by atoms with Crippen molar-refractivity contribution in [2.75, 3.05) is 25.9 Å². The third-order valence-corrected chi connectivity index (χ3v) is 4.44. The second-order valence-corrected chi connectivity index (χ2v) is 6.11. The molecule has 0 saturated carbocycles. The Hall–Kier alpha value is -4.01. The molecule has 2 aromatic carbocycles. The maximum Gasteiger partial charge on any atom is 0.336 e. The zero-order valence-electron chi connectivity index (χ0n) is 15.6. The zero-order chi connectivity index (χ0) is 20.5. The molecule has 9 heteroatoms. The number of carbonyl (C=O) groups is 3. The van der Waals surface area contributed by atoms with Crippen molar-refractivity contribution in [3.8, 4) is 23.0 Å². The molecule has 0 aromatic heterocycles. The van der Waals surface area contributed by atoms with E-state index in [0.717, 1.165) is 4.90 Å². The molecule has 9 nitrogen and oxygen atoms in total. The van der Waals surface area contributed by atoms with Crippen molar-refractivity contribution < 1.29 is 33.3 Å². The maximum atomic E-state index is 13.1. The van der Waals surface area contributed by atoms with Crippen molar-refractivity contribution in [1.82, 2.24) is 5.32 Å². The lowest BCUT2D eigenvalue weighted by Gasteiger charge is -2.27. The number of benzene rings is 2. The standard InChI is InChI=1S/C20H16N2O7/c1-26-12-4-6-15(27-2)14(9-12)22-19(24)13(18(23)21-20(22)25)7-11-3-5-16-17(8-11)29-10-28-16/h3-9H,10H2,1-2H3,(H,21,23,25)/b13-7+. The summed E-state index contributed by atoms with van der Waals surface area (Å²) in [6, 6.07) is 8.78. The van der Waals surface area contributed by atoms with Crippen LogP contribution >= 0.6 is 0 Å². The van der Waals surface area contributed by atoms with E-state index in [1.807, 2.05) is 0 Å². The van der Waals surface area contributed by atoms with Gasteiger partial charge >= 0.3 is 6.03 Å². The molecule has 2 aliphatic rings. The van der Waals surface area contributed by atoms with Crippen LogP contribution in [0.1, 0.15) is 5.56 Å². The lowest BCUT2D eigenvalue weighted by molar-refractivity contribution is -0.122. The molecule has 1 fully saturated rings. The van der Waals surface area contributed by atoms with Crippen molar-refractivity contribution in [3.05, 3.63) is 47.5 Å². The minimum Gasteiger partial charge on any atom is -0.497 e. The molecule has 0 unspecified atom stereocenters. The minimum atomic E-state index is -0.880. The van der Waals surface area contributed by atoms with Crippen LogP contribution in [0, 0.1) is 0 Å². The number of urea groups is 1. The molecule has 0 radical (unpaired) electrons. The van der Waals surface area contributed by atoms with E-state index in [2.05, 4.69) is 5.32 Å². The number of imide groups is 2. The molecule has 2 heterocycles. The fourth-order valence-corrected chi connectivity index (χ4v) is 3.02. The fourth-order valence-electron chi connectivity index (χ4n) is 3.02. The first kappa shape index (κ1) is 18.4. The second kappa shape index (κ2) is 7.19. The van der Waals surface area contributed by atoms with Gasteiger partial charge in [0, 0.05) is 6.07 Å². The van der Waals surface area contributed by atoms with Crippen molar-refractivity contribution >= 4 is 29.6 Å². The van der Waals surface area contributed by atoms with E-state index >= 15 is 0 Å². The summed E-state index contributed by atoms with van der Waals surface area (Å²) in [6.07, 6.45) is 1.38. The lowest BCUT2D eigenvalue weighted by atomic mass is 10.1. The summed E-state index contributed by atoms with van der Waals surface area (Å²) in [7, 11) is 2.87. The van der Waals surface area contributed by atoms with E-state index in [1.54, 1.807) is 30.3 Å². The van der Waals surface area contributed by atoms with Gasteiger partial charge in [-0.05, 0) is 35.9 Å². The van der Waals surface area contributed by atoms with Crippen LogP contribution in [0.3, 0.4) is 0 Å². The summed E-state index contributed by atoms with van der Waals surface area (Å²) in [4.78, 5) is 38.7. The molecule has 0 bridgehead atoms. The van der Waals surface area contributed by atoms with Gasteiger partial charge in [0.25, 0.3) is 11.8 Å². The summed E-state index contributed by atoms with van der Waals surface area (Å²) in [5.74, 6) is 0.180. The van der Waals surface area contributed by atoms with Crippen molar-refractivity contribution in [2.24, 2.45) is 0 Å². The first-order valence-corrected chi connectivity index (χ1v) is 8.55. The Morgan fingerprint density at radius 2 is 1.79 bits per heavy atom. The van der Waals surface area contributed by atoms with E-state index in [9.17, 15) is 14.4 Å². The Balaban J connectivity index is 1.75. The monoisotopic (exact) mass is 396 g/mol. The van der Waals surface area contributed by atoms with E-state index in [-0.39, 0.29) is 23.8 Å². The number of ether oxygens (including phenoxy) is 4. The van der Waals surface area contributed by atoms with Gasteiger partial charge in [-0.2, -0.15) is 0 Å². The van der Waals surface area contributed by atoms with E-state index in [1.165, 1.54) is 26.4 Å². The van der Waals surface area contributed by atoms with Crippen LogP contribution in [0.2, 0.25) is 0 Å². The number of methoxy groups -OCH3 is 2. The summed E-state index contributed by atoms with van der Waals surface area (Å²) in [6.45, 7) is 0.104. The number of nitrogens with zero attached hydrogens (tertiary/aromatic N) is 1. The summed E-state index contributed by atoms with van der Waals surface area (Å²) >= 11 is 0. The van der Waals surface area contributed by atoms with Crippen LogP contribution in [0.15, 0.2) is 42.0 Å². The number of rotatable bonds is 4. The zero-order valence-corrected chi connectivity index (χ0v) is 15.6. The number of barbiturate groups is 1. The quantitative estimate of drug-likeness (QED) is 0.623. The van der Waals surface area contributed by atoms with Gasteiger partial charge in [-0.3, -0.25) is 14.9 Å². The van der Waals surface area contributed by atoms with Crippen LogP contribution in [0.5, 0.6) is 23.0 Å². The van der Waals surface area contributed by atoms with Crippen LogP contribution in [-0.4, -0.2) is 38.9 Å². The summed E-state index contributed by atoms with van der Waals surface area (Å²) < 4.78 is 21.0. The fraction of sp³-hybridized carbons (Fsp3) is 0.150. The van der Waals surface area contributed by atoms with Gasteiger partial charge in [-0.1, -0.05) is 6.07 Å². The number of anilines is 1. The molecule has 0 spiro atoms. The SMILES string of the molecule is COc1ccc(OC)c(N2C(=O)NC(=O)/C(=C\c3ccc4c(c3)OCO4)C2=O)c1. The molecule has 29 heavy (non-hydrogen) atoms. The normalized spacial score (nSPS) is 16.8. The van der Waals surface area contributed by atoms with Gasteiger partial charge in [0.15, 0.2) is 11.5 Å². The maximum absolute atomic E-state index is 13.1. The van der Waals surface area contributed by atoms with Crippen LogP contribution < -0.4 is 29.2 Å². The molecule has 0 aliphatic carbocycles. The van der Waals surface area contributed by atoms with E-state index < -0.39 is 17.8 Å². The highest BCUT2D eigenvalue weighted by atomic mass is 16.7. The van der Waals surface area contributed by atoms with Crippen molar-refractivity contribution in [2.45, 2.75) is 0 Å². The number of carbonyl (C=O) groups excluding carboxylic acids is 3. The highest BCUT2D eigenvalue weighted by molar-refractivity contribution is 6.39. The van der Waals surface area contributed by atoms with Gasteiger partial charge in [0.1, 0.15) is 17.1 Å². The topological polar surface area (TPSA) is 103 Å². The Kier molecular flexibility index (Phi) is 4.55. The third-order valence-electron chi connectivity index (χ3n) is 4.44. The smallest absolute Gasteiger partial charge is 0.336 e. The van der Waals surface area contributed by atoms with E-state index in [4.69, 9.17) is 18.9 Å². The van der Waals surface area contributed by atoms with Crippen molar-refractivity contribution in [1.29, 1.82) is 0 Å². The minimum absolute atomic E-state index is 0.104. The predicted molar refractivity (Wildman–Crippen MR) is 101 cm³/mol. The summed E-state index contributed by atoms with van der Waals surface area (Å²) in [5.41, 5.74) is 0.478. The molecule has 1 saturated heterocycles. The Bertz CT molecular complexity index is 1060. The van der Waals surface area contributed by atoms with Crippen LogP contribution in [-0.2, 0) is 9.59 Å². The first-order valence-electron chi connectivity index (χ1n) is 8.55. The number of fused-ring (bicyclic) bond motifs is 1. The average Bonchev–Trinajstić information content (AvgIpc) is 3.18. The van der Waals surface area contributed by atoms with Gasteiger partial charge in [-0.15, -0.1) is 0 Å². The van der Waals surface area contributed by atoms with Gasteiger partial charge < -0.3 is 18.9 Å². The lowest BCUT2D eigenvalue weighted by Crippen LogP contribution is -2.54. The molecule has 4 amide bonds. The molecular formula is C20H16N2O7. The third kappa shape index (κ3) is 3.22. The largest absolute Gasteiger partial charge is 0.497 e. The van der Waals surface area contributed by atoms with Gasteiger partial charge in [-0.25, -0.2) is 9.69 Å². The molecule has 1 N–H and O–H groups in total. The van der Waals surface area contributed by atoms with Crippen LogP contribution in [0.25, 0.3) is 6.08 Å². The highest BCUT2D eigenvalue weighted by Crippen LogP contribution is 2.36.